The maximum absolute atomic E-state index is 12.5. The lowest BCUT2D eigenvalue weighted by Gasteiger charge is -2.12. The van der Waals surface area contributed by atoms with Crippen LogP contribution in [0.2, 0.25) is 0 Å². The lowest BCUT2D eigenvalue weighted by Crippen LogP contribution is -2.27. The topological polar surface area (TPSA) is 69.0 Å². The fourth-order valence-electron chi connectivity index (χ4n) is 3.76. The van der Waals surface area contributed by atoms with Crippen LogP contribution < -0.4 is 10.1 Å². The Morgan fingerprint density at radius 1 is 0.971 bits per heavy atom. The van der Waals surface area contributed by atoms with E-state index in [4.69, 9.17) is 4.74 Å². The van der Waals surface area contributed by atoms with E-state index in [2.05, 4.69) is 53.6 Å². The van der Waals surface area contributed by atoms with Crippen LogP contribution in [0.1, 0.15) is 29.4 Å². The third-order valence-corrected chi connectivity index (χ3v) is 6.44. The summed E-state index contributed by atoms with van der Waals surface area (Å²) >= 11 is 1.37. The van der Waals surface area contributed by atoms with Crippen molar-refractivity contribution in [2.75, 3.05) is 12.3 Å². The number of carbonyl (C=O) groups excluding carboxylic acids is 1. The summed E-state index contributed by atoms with van der Waals surface area (Å²) in [6, 6.07) is 26.3. The number of ether oxygens (including phenoxy) is 1. The highest BCUT2D eigenvalue weighted by Gasteiger charge is 2.16. The molecule has 0 aliphatic carbocycles. The summed E-state index contributed by atoms with van der Waals surface area (Å²) < 4.78 is 8.06. The number of amides is 1. The molecule has 3 aromatic carbocycles. The second-order valence-corrected chi connectivity index (χ2v) is 9.18. The van der Waals surface area contributed by atoms with Gasteiger partial charge in [0.25, 0.3) is 0 Å². The molecule has 0 fully saturated rings. The molecular weight excluding hydrogens is 456 g/mol. The first kappa shape index (κ1) is 24.5. The number of aryl methyl sites for hydroxylation is 2. The van der Waals surface area contributed by atoms with Gasteiger partial charge in [0, 0.05) is 12.2 Å². The van der Waals surface area contributed by atoms with Crippen LogP contribution in [0.25, 0.3) is 5.69 Å². The van der Waals surface area contributed by atoms with Crippen molar-refractivity contribution in [3.05, 3.63) is 101 Å². The number of nitrogens with one attached hydrogen (secondary N) is 1. The standard InChI is InChI=1S/C28H30N4O2S/c1-3-22-16-21(2)17-25(18-22)34-19-26-30-31-28(32(26)24-12-8-5-9-13-24)35-20-27(33)29-15-14-23-10-6-4-7-11-23/h4-13,16-18H,3,14-15,19-20H2,1-2H3,(H,29,33). The predicted octanol–water partition coefficient (Wildman–Crippen LogP) is 5.17. The summed E-state index contributed by atoms with van der Waals surface area (Å²) in [6.07, 6.45) is 1.75. The van der Waals surface area contributed by atoms with E-state index in [0.29, 0.717) is 17.5 Å². The first-order valence-corrected chi connectivity index (χ1v) is 12.8. The SMILES string of the molecule is CCc1cc(C)cc(OCc2nnc(SCC(=O)NCCc3ccccc3)n2-c2ccccc2)c1. The van der Waals surface area contributed by atoms with E-state index in [9.17, 15) is 4.79 Å². The summed E-state index contributed by atoms with van der Waals surface area (Å²) in [5.41, 5.74) is 4.53. The van der Waals surface area contributed by atoms with Gasteiger partial charge in [-0.1, -0.05) is 73.3 Å². The van der Waals surface area contributed by atoms with E-state index in [1.54, 1.807) is 0 Å². The Kier molecular flexibility index (Phi) is 8.57. The minimum absolute atomic E-state index is 0.0294. The zero-order valence-electron chi connectivity index (χ0n) is 20.1. The zero-order valence-corrected chi connectivity index (χ0v) is 20.9. The Balaban J connectivity index is 1.42. The lowest BCUT2D eigenvalue weighted by atomic mass is 10.1. The Bertz CT molecular complexity index is 1240. The predicted molar refractivity (Wildman–Crippen MR) is 140 cm³/mol. The number of nitrogens with zero attached hydrogens (tertiary/aromatic N) is 3. The second kappa shape index (κ2) is 12.2. The molecule has 1 N–H and O–H groups in total. The van der Waals surface area contributed by atoms with Crippen LogP contribution in [-0.2, 0) is 24.2 Å². The highest BCUT2D eigenvalue weighted by Crippen LogP contribution is 2.24. The summed E-state index contributed by atoms with van der Waals surface area (Å²) in [5, 5.41) is 12.4. The van der Waals surface area contributed by atoms with Gasteiger partial charge in [-0.2, -0.15) is 0 Å². The van der Waals surface area contributed by atoms with Crippen molar-refractivity contribution in [3.8, 4) is 11.4 Å². The molecule has 4 aromatic rings. The third kappa shape index (κ3) is 6.96. The van der Waals surface area contributed by atoms with E-state index in [1.165, 1.54) is 28.5 Å². The summed E-state index contributed by atoms with van der Waals surface area (Å²) in [4.78, 5) is 12.5. The number of hydrogen-bond donors (Lipinski definition) is 1. The van der Waals surface area contributed by atoms with Crippen LogP contribution in [0, 0.1) is 6.92 Å². The molecule has 0 unspecified atom stereocenters. The van der Waals surface area contributed by atoms with Gasteiger partial charge in [0.2, 0.25) is 5.91 Å². The Morgan fingerprint density at radius 3 is 2.46 bits per heavy atom. The fourth-order valence-corrected chi connectivity index (χ4v) is 4.56. The number of hydrogen-bond acceptors (Lipinski definition) is 5. The fraction of sp³-hybridized carbons (Fsp3) is 0.250. The van der Waals surface area contributed by atoms with Crippen LogP contribution in [0.3, 0.4) is 0 Å². The van der Waals surface area contributed by atoms with Crippen molar-refractivity contribution in [2.24, 2.45) is 0 Å². The number of aromatic nitrogens is 3. The molecule has 0 bridgehead atoms. The van der Waals surface area contributed by atoms with Gasteiger partial charge in [-0.25, -0.2) is 0 Å². The molecule has 180 valence electrons. The van der Waals surface area contributed by atoms with Crippen LogP contribution in [0.5, 0.6) is 5.75 Å². The number of para-hydroxylation sites is 1. The van der Waals surface area contributed by atoms with Crippen molar-refractivity contribution in [2.45, 2.75) is 38.5 Å². The molecule has 1 aromatic heterocycles. The minimum atomic E-state index is -0.0294. The third-order valence-electron chi connectivity index (χ3n) is 5.51. The van der Waals surface area contributed by atoms with Crippen molar-refractivity contribution < 1.29 is 9.53 Å². The molecule has 0 atom stereocenters. The van der Waals surface area contributed by atoms with Crippen LogP contribution in [0.15, 0.2) is 84.0 Å². The van der Waals surface area contributed by atoms with Crippen LogP contribution in [-0.4, -0.2) is 33.0 Å². The van der Waals surface area contributed by atoms with E-state index in [-0.39, 0.29) is 18.3 Å². The van der Waals surface area contributed by atoms with Crippen molar-refractivity contribution >= 4 is 17.7 Å². The zero-order chi connectivity index (χ0) is 24.5. The summed E-state index contributed by atoms with van der Waals surface area (Å²) in [6.45, 7) is 5.08. The molecular formula is C28H30N4O2S. The largest absolute Gasteiger partial charge is 0.486 e. The molecule has 0 radical (unpaired) electrons. The molecule has 4 rings (SSSR count). The molecule has 1 amide bonds. The first-order chi connectivity index (χ1) is 17.1. The van der Waals surface area contributed by atoms with Gasteiger partial charge in [0.05, 0.1) is 5.75 Å². The molecule has 0 saturated carbocycles. The van der Waals surface area contributed by atoms with Crippen molar-refractivity contribution in [1.29, 1.82) is 0 Å². The van der Waals surface area contributed by atoms with E-state index in [0.717, 1.165) is 24.3 Å². The quantitative estimate of drug-likeness (QED) is 0.296. The normalized spacial score (nSPS) is 10.8. The number of carbonyl (C=O) groups is 1. The average molecular weight is 487 g/mol. The van der Waals surface area contributed by atoms with Gasteiger partial charge >= 0.3 is 0 Å². The molecule has 0 aliphatic rings. The van der Waals surface area contributed by atoms with Gasteiger partial charge in [-0.15, -0.1) is 10.2 Å². The molecule has 35 heavy (non-hydrogen) atoms. The van der Waals surface area contributed by atoms with E-state index >= 15 is 0 Å². The lowest BCUT2D eigenvalue weighted by molar-refractivity contribution is -0.118. The van der Waals surface area contributed by atoms with Crippen LogP contribution in [0.4, 0.5) is 0 Å². The monoisotopic (exact) mass is 486 g/mol. The number of thioether (sulfide) groups is 1. The van der Waals surface area contributed by atoms with Gasteiger partial charge in [0.1, 0.15) is 12.4 Å². The van der Waals surface area contributed by atoms with Gasteiger partial charge in [0.15, 0.2) is 11.0 Å². The Morgan fingerprint density at radius 2 is 1.71 bits per heavy atom. The van der Waals surface area contributed by atoms with Crippen LogP contribution >= 0.6 is 11.8 Å². The maximum Gasteiger partial charge on any atom is 0.230 e. The summed E-state index contributed by atoms with van der Waals surface area (Å²) in [5.74, 6) is 1.73. The van der Waals surface area contributed by atoms with Crippen molar-refractivity contribution in [3.63, 3.8) is 0 Å². The average Bonchev–Trinajstić information content (AvgIpc) is 3.30. The molecule has 6 nitrogen and oxygen atoms in total. The summed E-state index contributed by atoms with van der Waals surface area (Å²) in [7, 11) is 0. The van der Waals surface area contributed by atoms with E-state index < -0.39 is 0 Å². The van der Waals surface area contributed by atoms with Gasteiger partial charge in [-0.3, -0.25) is 9.36 Å². The second-order valence-electron chi connectivity index (χ2n) is 8.24. The first-order valence-electron chi connectivity index (χ1n) is 11.8. The highest BCUT2D eigenvalue weighted by molar-refractivity contribution is 7.99. The minimum Gasteiger partial charge on any atom is -0.486 e. The van der Waals surface area contributed by atoms with Gasteiger partial charge in [-0.05, 0) is 60.7 Å². The maximum atomic E-state index is 12.5. The molecule has 0 aliphatic heterocycles. The van der Waals surface area contributed by atoms with E-state index in [1.807, 2.05) is 59.2 Å². The smallest absolute Gasteiger partial charge is 0.230 e. The number of benzene rings is 3. The molecule has 7 heteroatoms. The van der Waals surface area contributed by atoms with Crippen molar-refractivity contribution in [1.82, 2.24) is 20.1 Å². The molecule has 0 saturated heterocycles. The molecule has 1 heterocycles. The van der Waals surface area contributed by atoms with Gasteiger partial charge < -0.3 is 10.1 Å². The highest BCUT2D eigenvalue weighted by atomic mass is 32.2. The molecule has 0 spiro atoms. The number of rotatable bonds is 11. The Labute approximate surface area is 210 Å². The Hall–Kier alpha value is -3.58.